The number of hydrogen-bond donors (Lipinski definition) is 0. The summed E-state index contributed by atoms with van der Waals surface area (Å²) in [5.74, 6) is -0.751. The Morgan fingerprint density at radius 1 is 1.10 bits per heavy atom. The molecule has 7 rings (SSSR count). The topological polar surface area (TPSA) is 116 Å². The monoisotopic (exact) mass is 695 g/mol. The maximum atomic E-state index is 16.9. The van der Waals surface area contributed by atoms with Gasteiger partial charge in [0.1, 0.15) is 47.1 Å². The number of nitrogens with zero attached hydrogens (tertiary/aromatic N) is 5. The van der Waals surface area contributed by atoms with E-state index in [-0.39, 0.29) is 64.8 Å². The van der Waals surface area contributed by atoms with Gasteiger partial charge in [0.05, 0.1) is 27.9 Å². The zero-order chi connectivity index (χ0) is 34.7. The van der Waals surface area contributed by atoms with Crippen molar-refractivity contribution in [3.63, 3.8) is 0 Å². The summed E-state index contributed by atoms with van der Waals surface area (Å²) in [6, 6.07) is 5.53. The van der Waals surface area contributed by atoms with Crippen molar-refractivity contribution in [2.45, 2.75) is 64.1 Å². The van der Waals surface area contributed by atoms with Crippen molar-refractivity contribution in [3.05, 3.63) is 47.1 Å². The van der Waals surface area contributed by atoms with Gasteiger partial charge >= 0.3 is 12.1 Å². The van der Waals surface area contributed by atoms with Gasteiger partial charge in [0.2, 0.25) is 0 Å². The Morgan fingerprint density at radius 2 is 1.84 bits per heavy atom. The first kappa shape index (κ1) is 33.2. The fourth-order valence-corrected chi connectivity index (χ4v) is 6.91. The van der Waals surface area contributed by atoms with E-state index in [0.29, 0.717) is 48.3 Å². The van der Waals surface area contributed by atoms with E-state index in [0.717, 1.165) is 19.1 Å². The molecule has 11 nitrogen and oxygen atoms in total. The smallest absolute Gasteiger partial charge is 0.410 e. The molecule has 3 aliphatic rings. The normalized spacial score (nSPS) is 19.7. The van der Waals surface area contributed by atoms with Gasteiger partial charge in [0.25, 0.3) is 0 Å². The van der Waals surface area contributed by atoms with E-state index in [1.807, 2.05) is 25.7 Å². The average Bonchev–Trinajstić information content (AvgIpc) is 3.80. The number of hydrogen-bond acceptors (Lipinski definition) is 10. The van der Waals surface area contributed by atoms with Gasteiger partial charge in [0.15, 0.2) is 12.6 Å². The predicted octanol–water partition coefficient (Wildman–Crippen LogP) is 6.71. The van der Waals surface area contributed by atoms with E-state index in [9.17, 15) is 14.0 Å². The number of carbonyl (C=O) groups is 2. The summed E-state index contributed by atoms with van der Waals surface area (Å²) in [4.78, 5) is 42.4. The number of pyridine rings is 1. The highest BCUT2D eigenvalue weighted by Crippen LogP contribution is 2.45. The number of methoxy groups -OCH3 is 1. The van der Waals surface area contributed by atoms with Gasteiger partial charge in [-0.1, -0.05) is 17.7 Å². The molecule has 2 aromatic carbocycles. The highest BCUT2D eigenvalue weighted by atomic mass is 35.5. The number of aromatic nitrogens is 3. The molecule has 49 heavy (non-hydrogen) atoms. The van der Waals surface area contributed by atoms with Crippen molar-refractivity contribution in [2.24, 2.45) is 5.41 Å². The maximum absolute atomic E-state index is 16.9. The summed E-state index contributed by atoms with van der Waals surface area (Å²) in [5.41, 5.74) is -1.27. The molecule has 1 saturated carbocycles. The lowest BCUT2D eigenvalue weighted by molar-refractivity contribution is -0.113. The number of fused-ring (bicyclic) bond motifs is 4. The summed E-state index contributed by atoms with van der Waals surface area (Å²) in [6.45, 7) is 6.32. The summed E-state index contributed by atoms with van der Waals surface area (Å²) >= 11 is 6.46. The number of anilines is 1. The Bertz CT molecular complexity index is 1960. The van der Waals surface area contributed by atoms with Gasteiger partial charge in [-0.25, -0.2) is 13.6 Å². The molecule has 0 spiro atoms. The van der Waals surface area contributed by atoms with Crippen molar-refractivity contribution < 1.29 is 37.3 Å². The number of halogens is 3. The van der Waals surface area contributed by atoms with Crippen LogP contribution in [0, 0.1) is 17.0 Å². The van der Waals surface area contributed by atoms with Crippen LogP contribution in [0.25, 0.3) is 32.9 Å². The standard InChI is InChI=1S/C35H36ClF2N5O6/c1-34(2,3)49-33(45)43-20-6-7-21(43)15-42(14-20)31-24-13-39-29(28(38)30(24)40-32(41-31)47-17-35(16-44)9-10-35)23-12-22(48-18-46-4)11-19-5-8-25(37)27(36)26(19)23/h5,8,11-13,16,20-21H,6-7,9-10,14-15,17-18H2,1-4H3. The van der Waals surface area contributed by atoms with Gasteiger partial charge in [-0.3, -0.25) is 9.88 Å². The number of amides is 1. The molecule has 3 fully saturated rings. The lowest BCUT2D eigenvalue weighted by Gasteiger charge is -2.42. The quantitative estimate of drug-likeness (QED) is 0.138. The molecule has 2 unspecified atom stereocenters. The molecule has 0 radical (unpaired) electrons. The number of aldehydes is 1. The molecular weight excluding hydrogens is 660 g/mol. The molecule has 4 heterocycles. The van der Waals surface area contributed by atoms with Crippen LogP contribution >= 0.6 is 11.6 Å². The molecule has 1 amide bonds. The predicted molar refractivity (Wildman–Crippen MR) is 178 cm³/mol. The molecule has 258 valence electrons. The molecule has 2 saturated heterocycles. The van der Waals surface area contributed by atoms with Crippen LogP contribution in [0.3, 0.4) is 0 Å². The highest BCUT2D eigenvalue weighted by Gasteiger charge is 2.46. The van der Waals surface area contributed by atoms with Crippen LogP contribution in [0.1, 0.15) is 46.5 Å². The Kier molecular flexibility index (Phi) is 8.46. The van der Waals surface area contributed by atoms with Crippen LogP contribution < -0.4 is 14.4 Å². The number of piperazine rings is 1. The minimum Gasteiger partial charge on any atom is -0.468 e. The molecule has 2 bridgehead atoms. The van der Waals surface area contributed by atoms with Gasteiger partial charge in [-0.15, -0.1) is 0 Å². The molecule has 2 aromatic heterocycles. The Hall–Kier alpha value is -4.36. The first-order chi connectivity index (χ1) is 23.4. The summed E-state index contributed by atoms with van der Waals surface area (Å²) in [6.07, 6.45) is 4.90. The number of benzene rings is 2. The van der Waals surface area contributed by atoms with Gasteiger partial charge < -0.3 is 28.6 Å². The summed E-state index contributed by atoms with van der Waals surface area (Å²) in [5, 5.41) is 0.884. The molecule has 4 aromatic rings. The Morgan fingerprint density at radius 3 is 2.49 bits per heavy atom. The third-order valence-electron chi connectivity index (χ3n) is 9.24. The number of rotatable bonds is 9. The Labute approximate surface area is 286 Å². The van der Waals surface area contributed by atoms with E-state index in [2.05, 4.69) is 9.97 Å². The van der Waals surface area contributed by atoms with Crippen LogP contribution in [-0.2, 0) is 14.3 Å². The molecule has 0 N–H and O–H groups in total. The highest BCUT2D eigenvalue weighted by molar-refractivity contribution is 6.37. The largest absolute Gasteiger partial charge is 0.468 e. The Balaban J connectivity index is 1.33. The van der Waals surface area contributed by atoms with Crippen molar-refractivity contribution in [1.29, 1.82) is 0 Å². The van der Waals surface area contributed by atoms with Gasteiger partial charge in [-0.2, -0.15) is 9.97 Å². The molecule has 14 heteroatoms. The lowest BCUT2D eigenvalue weighted by atomic mass is 9.99. The minimum atomic E-state index is -0.802. The summed E-state index contributed by atoms with van der Waals surface area (Å²) in [7, 11) is 1.47. The van der Waals surface area contributed by atoms with E-state index >= 15 is 4.39 Å². The van der Waals surface area contributed by atoms with E-state index in [1.54, 1.807) is 11.0 Å². The second-order valence-corrected chi connectivity index (χ2v) is 14.3. The first-order valence-electron chi connectivity index (χ1n) is 16.2. The average molecular weight is 696 g/mol. The molecule has 2 aliphatic heterocycles. The van der Waals surface area contributed by atoms with Crippen molar-refractivity contribution in [2.75, 3.05) is 38.5 Å². The fraction of sp³-hybridized carbons (Fsp3) is 0.457. The lowest BCUT2D eigenvalue weighted by Crippen LogP contribution is -2.57. The molecular formula is C35H36ClF2N5O6. The zero-order valence-corrected chi connectivity index (χ0v) is 28.4. The van der Waals surface area contributed by atoms with Gasteiger partial charge in [-0.05, 0) is 70.0 Å². The van der Waals surface area contributed by atoms with Crippen LogP contribution in [0.2, 0.25) is 5.02 Å². The molecule has 2 atom stereocenters. The molecule has 1 aliphatic carbocycles. The van der Waals surface area contributed by atoms with Crippen LogP contribution in [0.15, 0.2) is 30.5 Å². The second kappa shape index (κ2) is 12.5. The number of carbonyl (C=O) groups excluding carboxylic acids is 2. The summed E-state index contributed by atoms with van der Waals surface area (Å²) < 4.78 is 54.1. The fourth-order valence-electron chi connectivity index (χ4n) is 6.63. The van der Waals surface area contributed by atoms with E-state index in [1.165, 1.54) is 31.5 Å². The van der Waals surface area contributed by atoms with Gasteiger partial charge in [0, 0.05) is 37.3 Å². The van der Waals surface area contributed by atoms with Crippen molar-refractivity contribution in [3.8, 4) is 23.0 Å². The number of ether oxygens (including phenoxy) is 4. The zero-order valence-electron chi connectivity index (χ0n) is 27.6. The third kappa shape index (κ3) is 6.29. The SMILES string of the molecule is COCOc1cc(-c2ncc3c(N4CC5CCC(C4)N5C(=O)OC(C)(C)C)nc(OCC4(C=O)CC4)nc3c2F)c2c(Cl)c(F)ccc2c1. The maximum Gasteiger partial charge on any atom is 0.410 e. The third-order valence-corrected chi connectivity index (χ3v) is 9.61. The first-order valence-corrected chi connectivity index (χ1v) is 16.5. The van der Waals surface area contributed by atoms with E-state index < -0.39 is 22.7 Å². The van der Waals surface area contributed by atoms with Crippen molar-refractivity contribution in [1.82, 2.24) is 19.9 Å². The van der Waals surface area contributed by atoms with Crippen molar-refractivity contribution >= 4 is 51.5 Å². The van der Waals surface area contributed by atoms with E-state index in [4.69, 9.17) is 35.5 Å². The van der Waals surface area contributed by atoms with Crippen LogP contribution in [0.5, 0.6) is 11.8 Å². The minimum absolute atomic E-state index is 0.0527. The second-order valence-electron chi connectivity index (χ2n) is 13.9. The van der Waals surface area contributed by atoms with Crippen LogP contribution in [-0.4, -0.2) is 83.5 Å². The van der Waals surface area contributed by atoms with Crippen LogP contribution in [0.4, 0.5) is 19.4 Å².